The Morgan fingerprint density at radius 3 is 2.57 bits per heavy atom. The van der Waals surface area contributed by atoms with Crippen molar-refractivity contribution in [2.75, 3.05) is 19.7 Å². The second-order valence-corrected chi connectivity index (χ2v) is 11.3. The number of carboxylic acid groups (broad SMARTS) is 1. The predicted octanol–water partition coefficient (Wildman–Crippen LogP) is 6.05. The van der Waals surface area contributed by atoms with Gasteiger partial charge in [-0.05, 0) is 75.2 Å². The molecule has 1 unspecified atom stereocenters. The number of hydrogen-bond acceptors (Lipinski definition) is 6. The molecular formula is C33H35FN4O4. The Bertz CT molecular complexity index is 1620. The summed E-state index contributed by atoms with van der Waals surface area (Å²) in [6, 6.07) is 16.0. The number of aromatic carboxylic acids is 1. The third kappa shape index (κ3) is 6.07. The Hall–Kier alpha value is -4.08. The molecule has 9 heteroatoms. The first-order valence-electron chi connectivity index (χ1n) is 14.4. The van der Waals surface area contributed by atoms with Crippen LogP contribution in [-0.4, -0.2) is 56.3 Å². The van der Waals surface area contributed by atoms with Crippen LogP contribution in [0, 0.1) is 5.82 Å². The van der Waals surface area contributed by atoms with Gasteiger partial charge in [-0.3, -0.25) is 4.90 Å². The van der Waals surface area contributed by atoms with Crippen LogP contribution < -0.4 is 4.74 Å². The molecule has 6 rings (SSSR count). The van der Waals surface area contributed by atoms with E-state index in [4.69, 9.17) is 19.4 Å². The maximum Gasteiger partial charge on any atom is 0.335 e. The highest BCUT2D eigenvalue weighted by Gasteiger charge is 2.26. The minimum Gasteiger partial charge on any atom is -0.478 e. The standard InChI is InChI=1S/C33H35FN4O4/c1-21(2)23-6-7-25(27(34)16-23)20-42-32-5-3-4-28(36-32)22-10-13-37(14-11-22)19-31-35-29-9-8-24(33(39)40)17-30(29)38(31)18-26-12-15-41-26/h3-9,16-17,22,26H,1,10-15,18-20H2,2H3,(H,39,40). The molecule has 2 aliphatic heterocycles. The Kier molecular flexibility index (Phi) is 8.04. The zero-order valence-corrected chi connectivity index (χ0v) is 23.8. The van der Waals surface area contributed by atoms with E-state index in [1.165, 1.54) is 6.07 Å². The molecule has 2 aromatic heterocycles. The van der Waals surface area contributed by atoms with Gasteiger partial charge in [0.2, 0.25) is 5.88 Å². The fourth-order valence-corrected chi connectivity index (χ4v) is 5.67. The number of halogens is 1. The molecule has 1 N–H and O–H groups in total. The molecule has 0 amide bonds. The zero-order chi connectivity index (χ0) is 29.2. The number of piperidine rings is 1. The summed E-state index contributed by atoms with van der Waals surface area (Å²) in [5.41, 5.74) is 4.96. The third-order valence-electron chi connectivity index (χ3n) is 8.29. The first-order valence-corrected chi connectivity index (χ1v) is 14.4. The van der Waals surface area contributed by atoms with Gasteiger partial charge >= 0.3 is 5.97 Å². The molecule has 42 heavy (non-hydrogen) atoms. The molecule has 2 aliphatic rings. The summed E-state index contributed by atoms with van der Waals surface area (Å²) in [4.78, 5) is 23.6. The van der Waals surface area contributed by atoms with Crippen molar-refractivity contribution in [3.8, 4) is 5.88 Å². The zero-order valence-electron chi connectivity index (χ0n) is 23.8. The van der Waals surface area contributed by atoms with Gasteiger partial charge in [0.05, 0.1) is 35.8 Å². The monoisotopic (exact) mass is 570 g/mol. The van der Waals surface area contributed by atoms with E-state index in [0.717, 1.165) is 72.6 Å². The molecular weight excluding hydrogens is 535 g/mol. The van der Waals surface area contributed by atoms with Crippen molar-refractivity contribution in [3.05, 3.63) is 95.2 Å². The van der Waals surface area contributed by atoms with Crippen LogP contribution in [0.5, 0.6) is 5.88 Å². The summed E-state index contributed by atoms with van der Waals surface area (Å²) in [5, 5.41) is 9.50. The Morgan fingerprint density at radius 1 is 1.10 bits per heavy atom. The minimum absolute atomic E-state index is 0.109. The summed E-state index contributed by atoms with van der Waals surface area (Å²) in [6.45, 7) is 9.73. The van der Waals surface area contributed by atoms with Crippen LogP contribution >= 0.6 is 0 Å². The second kappa shape index (κ2) is 12.0. The number of allylic oxidation sites excluding steroid dienone is 1. The maximum atomic E-state index is 14.5. The number of rotatable bonds is 10. The molecule has 0 radical (unpaired) electrons. The van der Waals surface area contributed by atoms with Crippen LogP contribution in [0.2, 0.25) is 0 Å². The quantitative estimate of drug-likeness (QED) is 0.248. The number of imidazole rings is 1. The topological polar surface area (TPSA) is 89.7 Å². The number of pyridine rings is 1. The third-order valence-corrected chi connectivity index (χ3v) is 8.29. The van der Waals surface area contributed by atoms with E-state index in [2.05, 4.69) is 16.0 Å². The molecule has 0 spiro atoms. The maximum absolute atomic E-state index is 14.5. The fourth-order valence-electron chi connectivity index (χ4n) is 5.67. The first-order chi connectivity index (χ1) is 20.3. The Labute approximate surface area is 244 Å². The van der Waals surface area contributed by atoms with Gasteiger partial charge in [-0.2, -0.15) is 0 Å². The summed E-state index contributed by atoms with van der Waals surface area (Å²) >= 11 is 0. The van der Waals surface area contributed by atoms with Gasteiger partial charge in [-0.1, -0.05) is 30.4 Å². The lowest BCUT2D eigenvalue weighted by Crippen LogP contribution is -2.35. The van der Waals surface area contributed by atoms with E-state index in [9.17, 15) is 14.3 Å². The van der Waals surface area contributed by atoms with E-state index in [1.54, 1.807) is 24.3 Å². The van der Waals surface area contributed by atoms with Crippen LogP contribution in [-0.2, 0) is 24.4 Å². The molecule has 0 bridgehead atoms. The Morgan fingerprint density at radius 2 is 1.88 bits per heavy atom. The highest BCUT2D eigenvalue weighted by molar-refractivity contribution is 5.92. The van der Waals surface area contributed by atoms with E-state index >= 15 is 0 Å². The van der Waals surface area contributed by atoms with E-state index in [1.807, 2.05) is 31.2 Å². The number of carboxylic acids is 1. The fraction of sp³-hybridized carbons (Fsp3) is 0.364. The molecule has 0 aliphatic carbocycles. The number of ether oxygens (including phenoxy) is 2. The molecule has 1 atom stereocenters. The van der Waals surface area contributed by atoms with Crippen molar-refractivity contribution in [2.24, 2.45) is 0 Å². The normalized spacial score (nSPS) is 17.7. The molecule has 218 valence electrons. The number of nitrogens with zero attached hydrogens (tertiary/aromatic N) is 4. The number of fused-ring (bicyclic) bond motifs is 1. The number of hydrogen-bond donors (Lipinski definition) is 1. The molecule has 0 saturated carbocycles. The molecule has 2 aromatic carbocycles. The van der Waals surface area contributed by atoms with Crippen LogP contribution in [0.1, 0.15) is 65.1 Å². The van der Waals surface area contributed by atoms with E-state index < -0.39 is 5.97 Å². The summed E-state index contributed by atoms with van der Waals surface area (Å²) in [6.07, 6.45) is 3.02. The van der Waals surface area contributed by atoms with Crippen molar-refractivity contribution in [1.29, 1.82) is 0 Å². The first kappa shape index (κ1) is 28.1. The van der Waals surface area contributed by atoms with Gasteiger partial charge in [0, 0.05) is 29.8 Å². The molecule has 4 aromatic rings. The SMILES string of the molecule is C=C(C)c1ccc(COc2cccc(C3CCN(Cc4nc5ccc(C(=O)O)cc5n4CC4CCO4)CC3)n2)c(F)c1. The highest BCUT2D eigenvalue weighted by atomic mass is 19.1. The van der Waals surface area contributed by atoms with Gasteiger partial charge in [0.1, 0.15) is 18.2 Å². The number of aromatic nitrogens is 3. The average Bonchev–Trinajstić information content (AvgIpc) is 3.30. The molecule has 2 fully saturated rings. The summed E-state index contributed by atoms with van der Waals surface area (Å²) in [5.74, 6) is 0.469. The molecule has 8 nitrogen and oxygen atoms in total. The van der Waals surface area contributed by atoms with Gasteiger partial charge in [0.25, 0.3) is 0 Å². The lowest BCUT2D eigenvalue weighted by Gasteiger charge is -2.32. The molecule has 2 saturated heterocycles. The lowest BCUT2D eigenvalue weighted by atomic mass is 9.93. The van der Waals surface area contributed by atoms with Crippen LogP contribution in [0.15, 0.2) is 61.2 Å². The van der Waals surface area contributed by atoms with E-state index in [0.29, 0.717) is 30.5 Å². The Balaban J connectivity index is 1.09. The second-order valence-electron chi connectivity index (χ2n) is 11.3. The van der Waals surface area contributed by atoms with Crippen molar-refractivity contribution in [3.63, 3.8) is 0 Å². The largest absolute Gasteiger partial charge is 0.478 e. The number of likely N-dealkylation sites (tertiary alicyclic amines) is 1. The van der Waals surface area contributed by atoms with Gasteiger partial charge < -0.3 is 19.1 Å². The summed E-state index contributed by atoms with van der Waals surface area (Å²) < 4.78 is 28.2. The number of carbonyl (C=O) groups is 1. The highest BCUT2D eigenvalue weighted by Crippen LogP contribution is 2.30. The predicted molar refractivity (Wildman–Crippen MR) is 158 cm³/mol. The van der Waals surface area contributed by atoms with E-state index in [-0.39, 0.29) is 24.1 Å². The lowest BCUT2D eigenvalue weighted by molar-refractivity contribution is -0.0592. The van der Waals surface area contributed by atoms with Crippen LogP contribution in [0.4, 0.5) is 4.39 Å². The van der Waals surface area contributed by atoms with Crippen molar-refractivity contribution < 1.29 is 23.8 Å². The number of benzene rings is 2. The summed E-state index contributed by atoms with van der Waals surface area (Å²) in [7, 11) is 0. The van der Waals surface area contributed by atoms with Gasteiger partial charge in [0.15, 0.2) is 0 Å². The van der Waals surface area contributed by atoms with Crippen LogP contribution in [0.3, 0.4) is 0 Å². The smallest absolute Gasteiger partial charge is 0.335 e. The van der Waals surface area contributed by atoms with Crippen molar-refractivity contribution in [1.82, 2.24) is 19.4 Å². The van der Waals surface area contributed by atoms with Gasteiger partial charge in [-0.25, -0.2) is 19.2 Å². The average molecular weight is 571 g/mol. The minimum atomic E-state index is -0.944. The molecule has 4 heterocycles. The van der Waals surface area contributed by atoms with Gasteiger partial charge in [-0.15, -0.1) is 0 Å². The van der Waals surface area contributed by atoms with Crippen molar-refractivity contribution >= 4 is 22.6 Å². The van der Waals surface area contributed by atoms with Crippen molar-refractivity contribution in [2.45, 2.75) is 57.9 Å². The van der Waals surface area contributed by atoms with Crippen LogP contribution in [0.25, 0.3) is 16.6 Å².